The van der Waals surface area contributed by atoms with Crippen LogP contribution >= 0.6 is 0 Å². The van der Waals surface area contributed by atoms with Crippen LogP contribution in [-0.2, 0) is 16.0 Å². The topological polar surface area (TPSA) is 26.3 Å². The summed E-state index contributed by atoms with van der Waals surface area (Å²) in [6.07, 6.45) is 2.90. The molecule has 0 fully saturated rings. The highest BCUT2D eigenvalue weighted by molar-refractivity contribution is 5.66. The summed E-state index contributed by atoms with van der Waals surface area (Å²) in [4.78, 5) is 11.1. The summed E-state index contributed by atoms with van der Waals surface area (Å²) in [7, 11) is 0. The van der Waals surface area contributed by atoms with E-state index in [2.05, 4.69) is 37.3 Å². The Morgan fingerprint density at radius 1 is 1.05 bits per heavy atom. The third kappa shape index (κ3) is 4.92. The van der Waals surface area contributed by atoms with Gasteiger partial charge < -0.3 is 4.74 Å². The Morgan fingerprint density at radius 2 is 1.71 bits per heavy atom. The Kier molecular flexibility index (Phi) is 5.33. The average Bonchev–Trinajstić information content (AvgIpc) is 2.48. The van der Waals surface area contributed by atoms with Crippen LogP contribution < -0.4 is 0 Å². The molecule has 0 radical (unpaired) electrons. The molecule has 0 atom stereocenters. The van der Waals surface area contributed by atoms with E-state index in [0.29, 0.717) is 6.61 Å². The number of carbonyl (C=O) groups is 1. The monoisotopic (exact) mass is 280 g/mol. The molecule has 2 heteroatoms. The van der Waals surface area contributed by atoms with Crippen LogP contribution in [0.3, 0.4) is 0 Å². The summed E-state index contributed by atoms with van der Waals surface area (Å²) in [5.41, 5.74) is 4.68. The molecule has 0 spiro atoms. The first-order valence-electron chi connectivity index (χ1n) is 7.07. The fourth-order valence-corrected chi connectivity index (χ4v) is 2.16. The van der Waals surface area contributed by atoms with Gasteiger partial charge in [0.15, 0.2) is 0 Å². The van der Waals surface area contributed by atoms with E-state index in [0.717, 1.165) is 17.6 Å². The van der Waals surface area contributed by atoms with Gasteiger partial charge in [-0.2, -0.15) is 0 Å². The molecule has 2 nitrogen and oxygen atoms in total. The van der Waals surface area contributed by atoms with E-state index in [1.807, 2.05) is 30.3 Å². The van der Waals surface area contributed by atoms with Crippen LogP contribution in [0.5, 0.6) is 0 Å². The molecular formula is C19H20O2. The van der Waals surface area contributed by atoms with Crippen molar-refractivity contribution >= 4 is 12.0 Å². The number of aryl methyl sites for hydroxylation is 1. The maximum absolute atomic E-state index is 11.1. The first-order chi connectivity index (χ1) is 10.1. The van der Waals surface area contributed by atoms with Gasteiger partial charge >= 0.3 is 5.97 Å². The minimum Gasteiger partial charge on any atom is -0.461 e. The van der Waals surface area contributed by atoms with Gasteiger partial charge in [-0.3, -0.25) is 4.79 Å². The second kappa shape index (κ2) is 7.44. The molecular weight excluding hydrogens is 260 g/mol. The van der Waals surface area contributed by atoms with Crippen molar-refractivity contribution in [1.29, 1.82) is 0 Å². The zero-order valence-electron chi connectivity index (χ0n) is 12.5. The molecule has 0 aliphatic rings. The number of carbonyl (C=O) groups excluding carboxylic acids is 1. The highest BCUT2D eigenvalue weighted by Crippen LogP contribution is 2.16. The molecule has 2 rings (SSSR count). The molecule has 0 heterocycles. The summed E-state index contributed by atoms with van der Waals surface area (Å²) >= 11 is 0. The van der Waals surface area contributed by atoms with Gasteiger partial charge in [0.2, 0.25) is 0 Å². The molecule has 0 bridgehead atoms. The van der Waals surface area contributed by atoms with Crippen LogP contribution in [0.25, 0.3) is 6.08 Å². The lowest BCUT2D eigenvalue weighted by molar-refractivity contribution is -0.139. The van der Waals surface area contributed by atoms with E-state index in [1.54, 1.807) is 0 Å². The molecule has 2 aromatic rings. The minimum absolute atomic E-state index is 0.251. The van der Waals surface area contributed by atoms with Crippen molar-refractivity contribution in [1.82, 2.24) is 0 Å². The maximum Gasteiger partial charge on any atom is 0.302 e. The normalized spacial score (nSPS) is 11.2. The highest BCUT2D eigenvalue weighted by atomic mass is 16.5. The van der Waals surface area contributed by atoms with Crippen LogP contribution in [0.4, 0.5) is 0 Å². The first kappa shape index (κ1) is 15.0. The second-order valence-corrected chi connectivity index (χ2v) is 5.10. The number of benzene rings is 2. The molecule has 0 amide bonds. The maximum atomic E-state index is 11.1. The van der Waals surface area contributed by atoms with Gasteiger partial charge in [0.1, 0.15) is 6.61 Å². The minimum atomic E-state index is -0.251. The third-order valence-electron chi connectivity index (χ3n) is 3.28. The second-order valence-electron chi connectivity index (χ2n) is 5.10. The van der Waals surface area contributed by atoms with E-state index in [1.165, 1.54) is 18.1 Å². The summed E-state index contributed by atoms with van der Waals surface area (Å²) < 4.78 is 5.18. The zero-order chi connectivity index (χ0) is 15.1. The van der Waals surface area contributed by atoms with Crippen molar-refractivity contribution in [2.45, 2.75) is 20.3 Å². The molecule has 0 N–H and O–H groups in total. The van der Waals surface area contributed by atoms with Crippen molar-refractivity contribution in [3.63, 3.8) is 0 Å². The molecule has 108 valence electrons. The zero-order valence-corrected chi connectivity index (χ0v) is 12.5. The quantitative estimate of drug-likeness (QED) is 0.768. The highest BCUT2D eigenvalue weighted by Gasteiger charge is 2.04. The van der Waals surface area contributed by atoms with Gasteiger partial charge in [0.05, 0.1) is 0 Å². The summed E-state index contributed by atoms with van der Waals surface area (Å²) in [6, 6.07) is 18.4. The first-order valence-corrected chi connectivity index (χ1v) is 7.07. The Hall–Kier alpha value is -2.35. The molecule has 0 unspecified atom stereocenters. The Morgan fingerprint density at radius 3 is 2.38 bits per heavy atom. The van der Waals surface area contributed by atoms with Crippen molar-refractivity contribution in [2.24, 2.45) is 0 Å². The van der Waals surface area contributed by atoms with Crippen LogP contribution in [0.2, 0.25) is 0 Å². The van der Waals surface area contributed by atoms with Gasteiger partial charge in [-0.1, -0.05) is 60.7 Å². The van der Waals surface area contributed by atoms with Gasteiger partial charge in [-0.15, -0.1) is 0 Å². The predicted molar refractivity (Wildman–Crippen MR) is 85.9 cm³/mol. The van der Waals surface area contributed by atoms with Crippen LogP contribution in [-0.4, -0.2) is 12.6 Å². The van der Waals surface area contributed by atoms with E-state index in [4.69, 9.17) is 4.74 Å². The number of rotatable bonds is 5. The van der Waals surface area contributed by atoms with Gasteiger partial charge in [-0.05, 0) is 35.6 Å². The van der Waals surface area contributed by atoms with Crippen LogP contribution in [0.1, 0.15) is 23.6 Å². The van der Waals surface area contributed by atoms with Crippen molar-refractivity contribution < 1.29 is 9.53 Å². The third-order valence-corrected chi connectivity index (χ3v) is 3.28. The number of hydrogen-bond donors (Lipinski definition) is 0. The van der Waals surface area contributed by atoms with Crippen molar-refractivity contribution in [3.8, 4) is 0 Å². The smallest absolute Gasteiger partial charge is 0.302 e. The Bertz CT molecular complexity index is 627. The van der Waals surface area contributed by atoms with E-state index >= 15 is 0 Å². The number of ether oxygens (including phenoxy) is 1. The van der Waals surface area contributed by atoms with Gasteiger partial charge in [0, 0.05) is 6.92 Å². The fraction of sp³-hybridized carbons (Fsp3) is 0.211. The molecule has 2 aromatic carbocycles. The SMILES string of the molecule is CC(=O)OCC(=Cc1ccccc1C)Cc1ccccc1. The number of esters is 1. The van der Waals surface area contributed by atoms with E-state index < -0.39 is 0 Å². The summed E-state index contributed by atoms with van der Waals surface area (Å²) in [6.45, 7) is 3.85. The summed E-state index contributed by atoms with van der Waals surface area (Å²) in [5, 5.41) is 0. The van der Waals surface area contributed by atoms with Crippen molar-refractivity contribution in [3.05, 3.63) is 76.9 Å². The lowest BCUT2D eigenvalue weighted by atomic mass is 10.0. The Balaban J connectivity index is 2.23. The van der Waals surface area contributed by atoms with Gasteiger partial charge in [0.25, 0.3) is 0 Å². The molecule has 0 saturated carbocycles. The molecule has 0 saturated heterocycles. The fourth-order valence-electron chi connectivity index (χ4n) is 2.16. The lowest BCUT2D eigenvalue weighted by Gasteiger charge is -2.09. The molecule has 0 aliphatic carbocycles. The largest absolute Gasteiger partial charge is 0.461 e. The van der Waals surface area contributed by atoms with E-state index in [-0.39, 0.29) is 5.97 Å². The van der Waals surface area contributed by atoms with Crippen LogP contribution in [0.15, 0.2) is 60.2 Å². The van der Waals surface area contributed by atoms with Crippen LogP contribution in [0, 0.1) is 6.92 Å². The number of hydrogen-bond acceptors (Lipinski definition) is 2. The average molecular weight is 280 g/mol. The standard InChI is InChI=1S/C19H20O2/c1-15-8-6-7-11-19(15)13-18(14-21-16(2)20)12-17-9-4-3-5-10-17/h3-11,13H,12,14H2,1-2H3. The van der Waals surface area contributed by atoms with Gasteiger partial charge in [-0.25, -0.2) is 0 Å². The predicted octanol–water partition coefficient (Wildman–Crippen LogP) is 4.18. The molecule has 0 aliphatic heterocycles. The van der Waals surface area contributed by atoms with E-state index in [9.17, 15) is 4.79 Å². The molecule has 21 heavy (non-hydrogen) atoms. The Labute approximate surface area is 126 Å². The summed E-state index contributed by atoms with van der Waals surface area (Å²) in [5.74, 6) is -0.251. The lowest BCUT2D eigenvalue weighted by Crippen LogP contribution is -2.05. The van der Waals surface area contributed by atoms with Crippen molar-refractivity contribution in [2.75, 3.05) is 6.61 Å². The molecule has 0 aromatic heterocycles.